The van der Waals surface area contributed by atoms with E-state index in [1.165, 1.54) is 0 Å². The molecule has 0 bridgehead atoms. The predicted octanol–water partition coefficient (Wildman–Crippen LogP) is 5.18. The number of rotatable bonds is 6. The van der Waals surface area contributed by atoms with Gasteiger partial charge < -0.3 is 14.5 Å². The first-order valence-corrected chi connectivity index (χ1v) is 11.5. The number of anilines is 1. The van der Waals surface area contributed by atoms with E-state index < -0.39 is 0 Å². The minimum absolute atomic E-state index is 0.215. The summed E-state index contributed by atoms with van der Waals surface area (Å²) in [5.74, 6) is 1.03. The summed E-state index contributed by atoms with van der Waals surface area (Å²) >= 11 is 0. The molecule has 6 aromatic rings. The number of nitrogens with zero attached hydrogens (tertiary/aromatic N) is 5. The summed E-state index contributed by atoms with van der Waals surface area (Å²) in [6, 6.07) is 20.5. The number of aryl methyl sites for hydroxylation is 1. The van der Waals surface area contributed by atoms with Crippen LogP contribution in [0.2, 0.25) is 0 Å². The molecule has 4 aromatic heterocycles. The van der Waals surface area contributed by atoms with Crippen molar-refractivity contribution in [1.82, 2.24) is 23.8 Å². The van der Waals surface area contributed by atoms with Gasteiger partial charge in [0.25, 0.3) is 5.91 Å². The van der Waals surface area contributed by atoms with E-state index in [9.17, 15) is 4.79 Å². The fourth-order valence-electron chi connectivity index (χ4n) is 4.01. The van der Waals surface area contributed by atoms with Gasteiger partial charge in [-0.3, -0.25) is 9.20 Å². The number of nitrogens with one attached hydrogen (secondary N) is 1. The Labute approximate surface area is 206 Å². The second kappa shape index (κ2) is 8.99. The van der Waals surface area contributed by atoms with Gasteiger partial charge in [-0.1, -0.05) is 24.3 Å². The Morgan fingerprint density at radius 2 is 1.83 bits per heavy atom. The average molecular weight is 475 g/mol. The molecule has 0 saturated heterocycles. The summed E-state index contributed by atoms with van der Waals surface area (Å²) in [4.78, 5) is 26.2. The van der Waals surface area contributed by atoms with Crippen molar-refractivity contribution in [3.05, 3.63) is 115 Å². The number of pyridine rings is 1. The van der Waals surface area contributed by atoms with Gasteiger partial charge in [-0.15, -0.1) is 0 Å². The fraction of sp³-hybridized carbons (Fsp3) is 0.0714. The summed E-state index contributed by atoms with van der Waals surface area (Å²) < 4.78 is 9.76. The number of fused-ring (bicyclic) bond motifs is 2. The lowest BCUT2D eigenvalue weighted by molar-refractivity contribution is 0.102. The molecule has 8 heteroatoms. The van der Waals surface area contributed by atoms with Crippen LogP contribution in [0.25, 0.3) is 22.7 Å². The Bertz CT molecular complexity index is 1670. The van der Waals surface area contributed by atoms with Crippen LogP contribution in [0, 0.1) is 6.92 Å². The van der Waals surface area contributed by atoms with E-state index in [-0.39, 0.29) is 5.91 Å². The zero-order chi connectivity index (χ0) is 24.5. The summed E-state index contributed by atoms with van der Waals surface area (Å²) in [5.41, 5.74) is 5.81. The molecule has 0 aliphatic carbocycles. The number of carbonyl (C=O) groups is 1. The van der Waals surface area contributed by atoms with Gasteiger partial charge in [0.05, 0.1) is 11.4 Å². The van der Waals surface area contributed by atoms with Crippen LogP contribution in [0.1, 0.15) is 21.6 Å². The molecule has 2 aromatic carbocycles. The molecule has 0 spiro atoms. The third kappa shape index (κ3) is 4.39. The van der Waals surface area contributed by atoms with Gasteiger partial charge in [-0.2, -0.15) is 0 Å². The van der Waals surface area contributed by atoms with Crippen molar-refractivity contribution >= 4 is 23.0 Å². The van der Waals surface area contributed by atoms with Gasteiger partial charge in [-0.25, -0.2) is 15.0 Å². The monoisotopic (exact) mass is 474 g/mol. The van der Waals surface area contributed by atoms with Crippen LogP contribution in [0.3, 0.4) is 0 Å². The minimum Gasteiger partial charge on any atom is -0.487 e. The van der Waals surface area contributed by atoms with Crippen LogP contribution in [0.4, 0.5) is 5.69 Å². The Morgan fingerprint density at radius 3 is 2.69 bits per heavy atom. The summed E-state index contributed by atoms with van der Waals surface area (Å²) in [7, 11) is 0. The molecule has 0 aliphatic heterocycles. The first kappa shape index (κ1) is 21.5. The summed E-state index contributed by atoms with van der Waals surface area (Å²) in [6.45, 7) is 2.35. The Hall–Kier alpha value is -4.98. The van der Waals surface area contributed by atoms with Gasteiger partial charge in [0.1, 0.15) is 18.0 Å². The smallest absolute Gasteiger partial charge is 0.255 e. The average Bonchev–Trinajstić information content (AvgIpc) is 3.51. The van der Waals surface area contributed by atoms with Crippen molar-refractivity contribution in [3.63, 3.8) is 0 Å². The number of imidazole rings is 2. The fourth-order valence-corrected chi connectivity index (χ4v) is 4.01. The predicted molar refractivity (Wildman–Crippen MR) is 137 cm³/mol. The van der Waals surface area contributed by atoms with E-state index in [0.29, 0.717) is 29.4 Å². The number of amides is 1. The third-order valence-corrected chi connectivity index (χ3v) is 5.81. The highest BCUT2D eigenvalue weighted by Gasteiger charge is 2.10. The maximum absolute atomic E-state index is 12.9. The molecule has 1 N–H and O–H groups in total. The number of carbonyl (C=O) groups excluding carboxylic acids is 1. The lowest BCUT2D eigenvalue weighted by atomic mass is 10.1. The molecule has 36 heavy (non-hydrogen) atoms. The molecule has 0 radical (unpaired) electrons. The normalized spacial score (nSPS) is 11.1. The van der Waals surface area contributed by atoms with Crippen LogP contribution in [0.5, 0.6) is 5.75 Å². The molecule has 0 atom stereocenters. The van der Waals surface area contributed by atoms with Gasteiger partial charge in [0.15, 0.2) is 0 Å². The zero-order valence-corrected chi connectivity index (χ0v) is 19.5. The number of hydrogen-bond donors (Lipinski definition) is 1. The molecule has 0 fully saturated rings. The van der Waals surface area contributed by atoms with Crippen LogP contribution < -0.4 is 10.1 Å². The topological polar surface area (TPSA) is 85.8 Å². The summed E-state index contributed by atoms with van der Waals surface area (Å²) in [6.07, 6.45) is 9.52. The number of hydrogen-bond acceptors (Lipinski definition) is 5. The Morgan fingerprint density at radius 1 is 0.944 bits per heavy atom. The van der Waals surface area contributed by atoms with Gasteiger partial charge >= 0.3 is 0 Å². The molecule has 4 heterocycles. The maximum Gasteiger partial charge on any atom is 0.255 e. The second-order valence-corrected chi connectivity index (χ2v) is 8.51. The molecule has 6 rings (SSSR count). The van der Waals surface area contributed by atoms with Gasteiger partial charge in [-0.05, 0) is 55.0 Å². The first-order chi connectivity index (χ1) is 17.6. The van der Waals surface area contributed by atoms with Gasteiger partial charge in [0, 0.05) is 47.8 Å². The largest absolute Gasteiger partial charge is 0.487 e. The molecule has 0 saturated carbocycles. The van der Waals surface area contributed by atoms with Crippen LogP contribution in [0.15, 0.2) is 97.7 Å². The van der Waals surface area contributed by atoms with E-state index in [2.05, 4.69) is 20.3 Å². The molecule has 8 nitrogen and oxygen atoms in total. The molecule has 0 aliphatic rings. The minimum atomic E-state index is -0.215. The SMILES string of the molecule is Cc1ccc2nc(COc3cccc(C(=O)Nc4ccc(-c5cn6cccnc6n5)cc4)c3)cn2c1. The second-order valence-electron chi connectivity index (χ2n) is 8.51. The highest BCUT2D eigenvalue weighted by Crippen LogP contribution is 2.22. The molecular weight excluding hydrogens is 452 g/mol. The summed E-state index contributed by atoms with van der Waals surface area (Å²) in [5, 5.41) is 2.94. The molecule has 176 valence electrons. The lowest BCUT2D eigenvalue weighted by Gasteiger charge is -2.08. The van der Waals surface area contributed by atoms with Gasteiger partial charge in [0.2, 0.25) is 5.78 Å². The van der Waals surface area contributed by atoms with Crippen molar-refractivity contribution in [2.45, 2.75) is 13.5 Å². The molecular formula is C28H22N6O2. The first-order valence-electron chi connectivity index (χ1n) is 11.5. The van der Waals surface area contributed by atoms with Crippen LogP contribution >= 0.6 is 0 Å². The third-order valence-electron chi connectivity index (χ3n) is 5.81. The molecule has 0 unspecified atom stereocenters. The van der Waals surface area contributed by atoms with Crippen molar-refractivity contribution in [3.8, 4) is 17.0 Å². The van der Waals surface area contributed by atoms with E-state index in [4.69, 9.17) is 4.74 Å². The Kier molecular flexibility index (Phi) is 5.38. The van der Waals surface area contributed by atoms with Crippen molar-refractivity contribution in [2.24, 2.45) is 0 Å². The van der Waals surface area contributed by atoms with E-state index in [0.717, 1.165) is 28.2 Å². The van der Waals surface area contributed by atoms with E-state index >= 15 is 0 Å². The van der Waals surface area contributed by atoms with Crippen molar-refractivity contribution < 1.29 is 9.53 Å². The van der Waals surface area contributed by atoms with E-state index in [1.807, 2.05) is 89.0 Å². The highest BCUT2D eigenvalue weighted by atomic mass is 16.5. The number of ether oxygens (including phenoxy) is 1. The van der Waals surface area contributed by atoms with Crippen molar-refractivity contribution in [1.29, 1.82) is 0 Å². The quantitative estimate of drug-likeness (QED) is 0.359. The van der Waals surface area contributed by atoms with Crippen molar-refractivity contribution in [2.75, 3.05) is 5.32 Å². The van der Waals surface area contributed by atoms with Crippen LogP contribution in [-0.2, 0) is 6.61 Å². The maximum atomic E-state index is 12.9. The van der Waals surface area contributed by atoms with E-state index in [1.54, 1.807) is 24.4 Å². The Balaban J connectivity index is 1.12. The standard InChI is InChI=1S/C28H22N6O2/c1-19-6-11-26-30-23(16-34(26)15-19)18-36-24-5-2-4-21(14-24)27(35)31-22-9-7-20(8-10-22)25-17-33-13-3-12-29-28(33)32-25/h2-17H,18H2,1H3,(H,31,35). The highest BCUT2D eigenvalue weighted by molar-refractivity contribution is 6.04. The number of aromatic nitrogens is 5. The lowest BCUT2D eigenvalue weighted by Crippen LogP contribution is -2.12. The zero-order valence-electron chi connectivity index (χ0n) is 19.5. The van der Waals surface area contributed by atoms with Crippen LogP contribution in [-0.4, -0.2) is 29.7 Å². The molecule has 1 amide bonds. The number of benzene rings is 2.